The molecule has 0 saturated heterocycles. The highest BCUT2D eigenvalue weighted by molar-refractivity contribution is 7.22. The van der Waals surface area contributed by atoms with Gasteiger partial charge in [0.1, 0.15) is 11.9 Å². The van der Waals surface area contributed by atoms with Gasteiger partial charge in [-0.25, -0.2) is 4.98 Å². The van der Waals surface area contributed by atoms with E-state index in [9.17, 15) is 15.3 Å². The van der Waals surface area contributed by atoms with Gasteiger partial charge in [-0.3, -0.25) is 0 Å². The number of aliphatic hydroxyl groups is 3. The lowest BCUT2D eigenvalue weighted by molar-refractivity contribution is 0.00446. The van der Waals surface area contributed by atoms with Crippen molar-refractivity contribution >= 4 is 33.2 Å². The average Bonchev–Trinajstić information content (AvgIpc) is 3.29. The van der Waals surface area contributed by atoms with Crippen molar-refractivity contribution in [3.63, 3.8) is 0 Å². The summed E-state index contributed by atoms with van der Waals surface area (Å²) >= 11 is 1.66. The van der Waals surface area contributed by atoms with Gasteiger partial charge in [0, 0.05) is 35.8 Å². The zero-order chi connectivity index (χ0) is 22.0. The largest absolute Gasteiger partial charge is 0.396 e. The molecule has 3 aromatic rings. The molecule has 1 aromatic carbocycles. The Morgan fingerprint density at radius 2 is 2.00 bits per heavy atom. The molecule has 2 heterocycles. The van der Waals surface area contributed by atoms with Crippen LogP contribution in [-0.4, -0.2) is 70.4 Å². The SMILES string of the molecule is COCCNc1nc(C)c(-c2cc3ccccc3s2)c(N[C@@H]2C[C@H](CO)[C@@H](O)[C@H]2O)n1. The third kappa shape index (κ3) is 4.51. The molecule has 8 nitrogen and oxygen atoms in total. The molecule has 1 fully saturated rings. The van der Waals surface area contributed by atoms with Crippen molar-refractivity contribution in [1.29, 1.82) is 0 Å². The van der Waals surface area contributed by atoms with E-state index in [0.717, 1.165) is 21.5 Å². The molecule has 31 heavy (non-hydrogen) atoms. The second kappa shape index (κ2) is 9.46. The van der Waals surface area contributed by atoms with Crippen LogP contribution in [-0.2, 0) is 4.74 Å². The van der Waals surface area contributed by atoms with Gasteiger partial charge in [0.25, 0.3) is 0 Å². The standard InChI is InChI=1S/C22H28N4O4S/c1-12-18(17-10-13-5-3-4-6-16(13)31-17)21(26-22(24-12)23-7-8-30-2)25-15-9-14(11-27)19(28)20(15)29/h3-6,10,14-15,19-20,27-29H,7-9,11H2,1-2H3,(H2,23,24,25,26)/t14-,15-,19-,20+/m1/s1. The fourth-order valence-corrected chi connectivity index (χ4v) is 5.21. The minimum Gasteiger partial charge on any atom is -0.396 e. The van der Waals surface area contributed by atoms with Crippen LogP contribution in [0.5, 0.6) is 0 Å². The normalized spacial score (nSPS) is 23.4. The van der Waals surface area contributed by atoms with E-state index in [1.165, 1.54) is 4.70 Å². The highest BCUT2D eigenvalue weighted by Crippen LogP contribution is 2.40. The van der Waals surface area contributed by atoms with E-state index < -0.39 is 18.2 Å². The zero-order valence-electron chi connectivity index (χ0n) is 17.6. The number of rotatable bonds is 8. The fraction of sp³-hybridized carbons (Fsp3) is 0.455. The Morgan fingerprint density at radius 3 is 2.71 bits per heavy atom. The van der Waals surface area contributed by atoms with Crippen LogP contribution in [0, 0.1) is 12.8 Å². The second-order valence-corrected chi connectivity index (χ2v) is 8.92. The fourth-order valence-electron chi connectivity index (χ4n) is 4.05. The first-order chi connectivity index (χ1) is 15.0. The molecule has 0 aliphatic heterocycles. The van der Waals surface area contributed by atoms with Crippen LogP contribution in [0.4, 0.5) is 11.8 Å². The highest BCUT2D eigenvalue weighted by Gasteiger charge is 2.41. The number of nitrogens with zero attached hydrogens (tertiary/aromatic N) is 2. The van der Waals surface area contributed by atoms with Gasteiger partial charge in [-0.1, -0.05) is 18.2 Å². The molecule has 5 N–H and O–H groups in total. The van der Waals surface area contributed by atoms with E-state index >= 15 is 0 Å². The molecule has 1 saturated carbocycles. The minimum atomic E-state index is -0.993. The Morgan fingerprint density at radius 1 is 1.19 bits per heavy atom. The number of anilines is 2. The van der Waals surface area contributed by atoms with Gasteiger partial charge in [0.15, 0.2) is 0 Å². The first kappa shape index (κ1) is 21.9. The lowest BCUT2D eigenvalue weighted by Gasteiger charge is -2.21. The van der Waals surface area contributed by atoms with Crippen LogP contribution in [0.1, 0.15) is 12.1 Å². The molecule has 0 amide bonds. The van der Waals surface area contributed by atoms with Gasteiger partial charge in [-0.15, -0.1) is 11.3 Å². The second-order valence-electron chi connectivity index (χ2n) is 7.83. The summed E-state index contributed by atoms with van der Waals surface area (Å²) in [7, 11) is 1.63. The maximum absolute atomic E-state index is 10.5. The van der Waals surface area contributed by atoms with Gasteiger partial charge in [-0.05, 0) is 30.9 Å². The maximum Gasteiger partial charge on any atom is 0.224 e. The summed E-state index contributed by atoms with van der Waals surface area (Å²) in [6, 6.07) is 9.86. The van der Waals surface area contributed by atoms with E-state index in [1.807, 2.05) is 19.1 Å². The molecular weight excluding hydrogens is 416 g/mol. The van der Waals surface area contributed by atoms with Crippen molar-refractivity contribution in [3.8, 4) is 10.4 Å². The number of aryl methyl sites for hydroxylation is 1. The number of hydrogen-bond donors (Lipinski definition) is 5. The Kier molecular flexibility index (Phi) is 6.68. The molecule has 0 unspecified atom stereocenters. The first-order valence-corrected chi connectivity index (χ1v) is 11.2. The van der Waals surface area contributed by atoms with Gasteiger partial charge in [0.05, 0.1) is 30.0 Å². The van der Waals surface area contributed by atoms with Gasteiger partial charge < -0.3 is 30.7 Å². The summed E-state index contributed by atoms with van der Waals surface area (Å²) in [5.41, 5.74) is 1.67. The van der Waals surface area contributed by atoms with Crippen molar-refractivity contribution in [1.82, 2.24) is 9.97 Å². The summed E-state index contributed by atoms with van der Waals surface area (Å²) in [4.78, 5) is 10.3. The van der Waals surface area contributed by atoms with Crippen molar-refractivity contribution in [3.05, 3.63) is 36.0 Å². The Balaban J connectivity index is 1.72. The van der Waals surface area contributed by atoms with Crippen LogP contribution < -0.4 is 10.6 Å². The molecule has 166 valence electrons. The summed E-state index contributed by atoms with van der Waals surface area (Å²) in [5, 5.41) is 37.9. The molecule has 9 heteroatoms. The van der Waals surface area contributed by atoms with Crippen molar-refractivity contribution in [2.75, 3.05) is 37.5 Å². The molecule has 0 bridgehead atoms. The Hall–Kier alpha value is -2.30. The number of aromatic nitrogens is 2. The van der Waals surface area contributed by atoms with Gasteiger partial charge in [0.2, 0.25) is 5.95 Å². The van der Waals surface area contributed by atoms with E-state index in [2.05, 4.69) is 38.8 Å². The van der Waals surface area contributed by atoms with Crippen molar-refractivity contribution < 1.29 is 20.1 Å². The highest BCUT2D eigenvalue weighted by atomic mass is 32.1. The summed E-state index contributed by atoms with van der Waals surface area (Å²) in [6.45, 7) is 2.85. The van der Waals surface area contributed by atoms with Crippen LogP contribution >= 0.6 is 11.3 Å². The molecule has 2 aromatic heterocycles. The summed E-state index contributed by atoms with van der Waals surface area (Å²) < 4.78 is 6.26. The quantitative estimate of drug-likeness (QED) is 0.336. The molecule has 0 spiro atoms. The number of methoxy groups -OCH3 is 1. The van der Waals surface area contributed by atoms with E-state index in [0.29, 0.717) is 31.3 Å². The van der Waals surface area contributed by atoms with Gasteiger partial charge in [-0.2, -0.15) is 4.98 Å². The first-order valence-electron chi connectivity index (χ1n) is 10.4. The van der Waals surface area contributed by atoms with Crippen LogP contribution in [0.3, 0.4) is 0 Å². The van der Waals surface area contributed by atoms with Crippen LogP contribution in [0.2, 0.25) is 0 Å². The molecule has 1 aliphatic rings. The van der Waals surface area contributed by atoms with Gasteiger partial charge >= 0.3 is 0 Å². The third-order valence-corrected chi connectivity index (χ3v) is 6.84. The number of hydrogen-bond acceptors (Lipinski definition) is 9. The minimum absolute atomic E-state index is 0.174. The molecule has 4 rings (SSSR count). The molecular formula is C22H28N4O4S. The average molecular weight is 445 g/mol. The number of aliphatic hydroxyl groups excluding tert-OH is 3. The smallest absolute Gasteiger partial charge is 0.224 e. The molecule has 4 atom stereocenters. The lowest BCUT2D eigenvalue weighted by Crippen LogP contribution is -2.35. The van der Waals surface area contributed by atoms with Crippen molar-refractivity contribution in [2.45, 2.75) is 31.6 Å². The Bertz CT molecular complexity index is 1010. The van der Waals surface area contributed by atoms with E-state index in [1.54, 1.807) is 18.4 Å². The number of benzene rings is 1. The number of fused-ring (bicyclic) bond motifs is 1. The van der Waals surface area contributed by atoms with Crippen molar-refractivity contribution in [2.24, 2.45) is 5.92 Å². The molecule has 1 aliphatic carbocycles. The van der Waals surface area contributed by atoms with E-state index in [4.69, 9.17) is 4.74 Å². The Labute approximate surface area is 184 Å². The number of nitrogens with one attached hydrogen (secondary N) is 2. The number of thiophene rings is 1. The van der Waals surface area contributed by atoms with Crippen LogP contribution in [0.15, 0.2) is 30.3 Å². The maximum atomic E-state index is 10.5. The summed E-state index contributed by atoms with van der Waals surface area (Å²) in [6.07, 6.45) is -1.52. The number of ether oxygens (including phenoxy) is 1. The lowest BCUT2D eigenvalue weighted by atomic mass is 10.1. The predicted octanol–water partition coefficient (Wildman–Crippen LogP) is 2.24. The summed E-state index contributed by atoms with van der Waals surface area (Å²) in [5.74, 6) is 0.685. The topological polar surface area (TPSA) is 120 Å². The third-order valence-electron chi connectivity index (χ3n) is 5.71. The van der Waals surface area contributed by atoms with Crippen LogP contribution in [0.25, 0.3) is 20.5 Å². The predicted molar refractivity (Wildman–Crippen MR) is 123 cm³/mol. The zero-order valence-corrected chi connectivity index (χ0v) is 18.4. The van der Waals surface area contributed by atoms with E-state index in [-0.39, 0.29) is 12.5 Å². The monoisotopic (exact) mass is 444 g/mol. The molecule has 0 radical (unpaired) electrons.